The zero-order valence-corrected chi connectivity index (χ0v) is 13.6. The Kier molecular flexibility index (Phi) is 5.21. The summed E-state index contributed by atoms with van der Waals surface area (Å²) >= 11 is 0. The summed E-state index contributed by atoms with van der Waals surface area (Å²) < 4.78 is 13.0. The van der Waals surface area contributed by atoms with Gasteiger partial charge in [0.1, 0.15) is 5.82 Å². The molecule has 23 heavy (non-hydrogen) atoms. The van der Waals surface area contributed by atoms with E-state index in [0.29, 0.717) is 0 Å². The molecular formula is C20H23FN2. The van der Waals surface area contributed by atoms with Crippen LogP contribution < -0.4 is 5.32 Å². The zero-order valence-electron chi connectivity index (χ0n) is 13.6. The molecular weight excluding hydrogens is 287 g/mol. The molecule has 0 spiro atoms. The van der Waals surface area contributed by atoms with Gasteiger partial charge in [0, 0.05) is 32.7 Å². The lowest BCUT2D eigenvalue weighted by Crippen LogP contribution is -2.43. The summed E-state index contributed by atoms with van der Waals surface area (Å²) in [5.74, 6) is -0.197. The first-order valence-corrected chi connectivity index (χ1v) is 8.18. The van der Waals surface area contributed by atoms with Crippen LogP contribution in [0.5, 0.6) is 0 Å². The van der Waals surface area contributed by atoms with Crippen LogP contribution in [0.1, 0.15) is 12.5 Å². The second-order valence-electron chi connectivity index (χ2n) is 6.02. The second-order valence-corrected chi connectivity index (χ2v) is 6.02. The lowest BCUT2D eigenvalue weighted by molar-refractivity contribution is 0.265. The van der Waals surface area contributed by atoms with Crippen molar-refractivity contribution < 1.29 is 4.39 Å². The van der Waals surface area contributed by atoms with Gasteiger partial charge >= 0.3 is 0 Å². The van der Waals surface area contributed by atoms with Gasteiger partial charge in [0.05, 0.1) is 0 Å². The van der Waals surface area contributed by atoms with Gasteiger partial charge in [-0.3, -0.25) is 4.90 Å². The molecule has 0 aliphatic carbocycles. The molecule has 3 rings (SSSR count). The minimum Gasteiger partial charge on any atom is -0.314 e. The average molecular weight is 310 g/mol. The number of hydrogen-bond acceptors (Lipinski definition) is 2. The summed E-state index contributed by atoms with van der Waals surface area (Å²) in [6.07, 6.45) is 2.30. The quantitative estimate of drug-likeness (QED) is 0.924. The highest BCUT2D eigenvalue weighted by Gasteiger charge is 2.07. The van der Waals surface area contributed by atoms with E-state index in [2.05, 4.69) is 47.5 Å². The minimum absolute atomic E-state index is 0.197. The van der Waals surface area contributed by atoms with Crippen LogP contribution >= 0.6 is 0 Å². The van der Waals surface area contributed by atoms with Crippen LogP contribution in [0.4, 0.5) is 4.39 Å². The van der Waals surface area contributed by atoms with Crippen LogP contribution in [0.3, 0.4) is 0 Å². The van der Waals surface area contributed by atoms with E-state index in [4.69, 9.17) is 0 Å². The highest BCUT2D eigenvalue weighted by molar-refractivity contribution is 5.69. The maximum atomic E-state index is 13.0. The zero-order chi connectivity index (χ0) is 16.1. The molecule has 1 fully saturated rings. The standard InChI is InChI=1S/C20H23FN2/c1-16(10-13-23-14-11-22-12-15-23)17-2-4-18(5-3-17)19-6-8-20(21)9-7-19/h2-10,22H,11-15H2,1H3. The van der Waals surface area contributed by atoms with E-state index in [1.165, 1.54) is 23.3 Å². The van der Waals surface area contributed by atoms with Gasteiger partial charge < -0.3 is 5.32 Å². The third kappa shape index (κ3) is 4.27. The van der Waals surface area contributed by atoms with Crippen LogP contribution in [-0.2, 0) is 0 Å². The predicted octanol–water partition coefficient (Wildman–Crippen LogP) is 3.80. The normalized spacial score (nSPS) is 16.5. The lowest BCUT2D eigenvalue weighted by Gasteiger charge is -2.26. The largest absolute Gasteiger partial charge is 0.314 e. The third-order valence-electron chi connectivity index (χ3n) is 4.38. The van der Waals surface area contributed by atoms with Crippen LogP contribution in [0, 0.1) is 5.82 Å². The maximum Gasteiger partial charge on any atom is 0.123 e. The summed E-state index contributed by atoms with van der Waals surface area (Å²) in [5.41, 5.74) is 4.70. The molecule has 1 heterocycles. The fourth-order valence-electron chi connectivity index (χ4n) is 2.85. The van der Waals surface area contributed by atoms with Gasteiger partial charge in [-0.25, -0.2) is 4.39 Å². The summed E-state index contributed by atoms with van der Waals surface area (Å²) in [6, 6.07) is 15.1. The van der Waals surface area contributed by atoms with Crippen LogP contribution in [0.25, 0.3) is 16.7 Å². The predicted molar refractivity (Wildman–Crippen MR) is 94.8 cm³/mol. The number of rotatable bonds is 4. The Morgan fingerprint density at radius 3 is 2.17 bits per heavy atom. The molecule has 0 amide bonds. The van der Waals surface area contributed by atoms with Gasteiger partial charge in [0.25, 0.3) is 0 Å². The molecule has 2 aromatic rings. The Hall–Kier alpha value is -1.97. The first-order chi connectivity index (χ1) is 11.2. The van der Waals surface area contributed by atoms with Crippen molar-refractivity contribution in [3.8, 4) is 11.1 Å². The molecule has 0 unspecified atom stereocenters. The van der Waals surface area contributed by atoms with Crippen molar-refractivity contribution in [2.75, 3.05) is 32.7 Å². The lowest BCUT2D eigenvalue weighted by atomic mass is 10.0. The van der Waals surface area contributed by atoms with Crippen molar-refractivity contribution in [1.29, 1.82) is 0 Å². The maximum absolute atomic E-state index is 13.0. The number of nitrogens with zero attached hydrogens (tertiary/aromatic N) is 1. The topological polar surface area (TPSA) is 15.3 Å². The molecule has 0 radical (unpaired) electrons. The van der Waals surface area contributed by atoms with Crippen molar-refractivity contribution in [1.82, 2.24) is 10.2 Å². The van der Waals surface area contributed by atoms with Crippen LogP contribution in [-0.4, -0.2) is 37.6 Å². The Morgan fingerprint density at radius 2 is 1.57 bits per heavy atom. The molecule has 0 saturated carbocycles. The molecule has 3 heteroatoms. The van der Waals surface area contributed by atoms with E-state index in [1.807, 2.05) is 12.1 Å². The molecule has 0 aromatic heterocycles. The molecule has 2 nitrogen and oxygen atoms in total. The van der Waals surface area contributed by atoms with Gasteiger partial charge in [-0.15, -0.1) is 0 Å². The number of benzene rings is 2. The monoisotopic (exact) mass is 310 g/mol. The van der Waals surface area contributed by atoms with Crippen molar-refractivity contribution >= 4 is 5.57 Å². The van der Waals surface area contributed by atoms with Gasteiger partial charge in [0.15, 0.2) is 0 Å². The summed E-state index contributed by atoms with van der Waals surface area (Å²) in [7, 11) is 0. The van der Waals surface area contributed by atoms with Gasteiger partial charge in [0.2, 0.25) is 0 Å². The summed E-state index contributed by atoms with van der Waals surface area (Å²) in [6.45, 7) is 7.57. The molecule has 1 N–H and O–H groups in total. The molecule has 0 bridgehead atoms. The number of nitrogens with one attached hydrogen (secondary N) is 1. The van der Waals surface area contributed by atoms with Gasteiger partial charge in [-0.05, 0) is 41.3 Å². The summed E-state index contributed by atoms with van der Waals surface area (Å²) in [5, 5.41) is 3.37. The smallest absolute Gasteiger partial charge is 0.123 e. The number of piperazine rings is 1. The van der Waals surface area contributed by atoms with Crippen molar-refractivity contribution in [2.45, 2.75) is 6.92 Å². The number of halogens is 1. The molecule has 0 atom stereocenters. The molecule has 1 aliphatic rings. The summed E-state index contributed by atoms with van der Waals surface area (Å²) in [4.78, 5) is 2.47. The number of allylic oxidation sites excluding steroid dienone is 1. The fraction of sp³-hybridized carbons (Fsp3) is 0.300. The minimum atomic E-state index is -0.197. The Morgan fingerprint density at radius 1 is 1.00 bits per heavy atom. The fourth-order valence-corrected chi connectivity index (χ4v) is 2.85. The average Bonchev–Trinajstić information content (AvgIpc) is 2.61. The highest BCUT2D eigenvalue weighted by Crippen LogP contribution is 2.22. The molecule has 120 valence electrons. The van der Waals surface area contributed by atoms with E-state index >= 15 is 0 Å². The molecule has 1 aliphatic heterocycles. The molecule has 2 aromatic carbocycles. The number of hydrogen-bond donors (Lipinski definition) is 1. The Balaban J connectivity index is 1.67. The van der Waals surface area contributed by atoms with E-state index < -0.39 is 0 Å². The van der Waals surface area contributed by atoms with E-state index in [-0.39, 0.29) is 5.82 Å². The highest BCUT2D eigenvalue weighted by atomic mass is 19.1. The SMILES string of the molecule is CC(=CCN1CCNCC1)c1ccc(-c2ccc(F)cc2)cc1. The molecule has 1 saturated heterocycles. The Bertz CT molecular complexity index is 653. The van der Waals surface area contributed by atoms with Crippen LogP contribution in [0.15, 0.2) is 54.6 Å². The van der Waals surface area contributed by atoms with Crippen molar-refractivity contribution in [2.24, 2.45) is 0 Å². The first-order valence-electron chi connectivity index (χ1n) is 8.18. The Labute approximate surface area is 137 Å². The first kappa shape index (κ1) is 15.9. The van der Waals surface area contributed by atoms with Crippen molar-refractivity contribution in [3.05, 3.63) is 66.0 Å². The van der Waals surface area contributed by atoms with E-state index in [0.717, 1.165) is 43.9 Å². The van der Waals surface area contributed by atoms with Gasteiger partial charge in [-0.2, -0.15) is 0 Å². The second kappa shape index (κ2) is 7.53. The van der Waals surface area contributed by atoms with Gasteiger partial charge in [-0.1, -0.05) is 42.5 Å². The van der Waals surface area contributed by atoms with Crippen LogP contribution in [0.2, 0.25) is 0 Å². The van der Waals surface area contributed by atoms with E-state index in [1.54, 1.807) is 0 Å². The third-order valence-corrected chi connectivity index (χ3v) is 4.38. The van der Waals surface area contributed by atoms with E-state index in [9.17, 15) is 4.39 Å². The van der Waals surface area contributed by atoms with Crippen molar-refractivity contribution in [3.63, 3.8) is 0 Å².